The Bertz CT molecular complexity index is 273. The first-order valence-electron chi connectivity index (χ1n) is 5.13. The van der Waals surface area contributed by atoms with Gasteiger partial charge < -0.3 is 10.1 Å². The third-order valence-electron chi connectivity index (χ3n) is 2.42. The van der Waals surface area contributed by atoms with Crippen molar-refractivity contribution in [3.8, 4) is 5.75 Å². The van der Waals surface area contributed by atoms with Crippen molar-refractivity contribution in [2.24, 2.45) is 0 Å². The maximum Gasteiger partial charge on any atom is 0.119 e. The summed E-state index contributed by atoms with van der Waals surface area (Å²) >= 11 is 0. The van der Waals surface area contributed by atoms with Crippen LogP contribution in [0.1, 0.15) is 31.4 Å². The molecule has 1 atom stereocenters. The lowest BCUT2D eigenvalue weighted by Crippen LogP contribution is -2.15. The fourth-order valence-corrected chi connectivity index (χ4v) is 1.62. The molecule has 0 aliphatic heterocycles. The van der Waals surface area contributed by atoms with Crippen LogP contribution in [-0.2, 0) is 0 Å². The van der Waals surface area contributed by atoms with Crippen molar-refractivity contribution in [1.82, 2.24) is 5.32 Å². The summed E-state index contributed by atoms with van der Waals surface area (Å²) in [7, 11) is 3.70. The van der Waals surface area contributed by atoms with E-state index >= 15 is 0 Å². The Labute approximate surface area is 86.3 Å². The van der Waals surface area contributed by atoms with Crippen molar-refractivity contribution in [3.05, 3.63) is 29.8 Å². The van der Waals surface area contributed by atoms with Gasteiger partial charge in [0.15, 0.2) is 0 Å². The van der Waals surface area contributed by atoms with Gasteiger partial charge in [-0.05, 0) is 31.2 Å². The molecule has 0 heterocycles. The van der Waals surface area contributed by atoms with E-state index in [0.29, 0.717) is 6.04 Å². The minimum atomic E-state index is 0.440. The third kappa shape index (κ3) is 2.74. The second-order valence-corrected chi connectivity index (χ2v) is 3.41. The normalized spacial score (nSPS) is 12.5. The lowest BCUT2D eigenvalue weighted by atomic mass is 10.0. The van der Waals surface area contributed by atoms with Crippen LogP contribution in [0.25, 0.3) is 0 Å². The molecule has 1 aromatic rings. The predicted molar refractivity (Wildman–Crippen MR) is 59.7 cm³/mol. The molecule has 1 N–H and O–H groups in total. The Morgan fingerprint density at radius 3 is 2.79 bits per heavy atom. The standard InChI is InChI=1S/C12H19NO/c1-4-6-12(13-2)10-7-5-8-11(9-10)14-3/h5,7-9,12-13H,4,6H2,1-3H3. The first-order chi connectivity index (χ1) is 6.81. The Kier molecular flexibility index (Phi) is 4.47. The minimum absolute atomic E-state index is 0.440. The molecule has 0 spiro atoms. The van der Waals surface area contributed by atoms with Gasteiger partial charge in [-0.2, -0.15) is 0 Å². The van der Waals surface area contributed by atoms with Gasteiger partial charge in [-0.15, -0.1) is 0 Å². The van der Waals surface area contributed by atoms with E-state index in [4.69, 9.17) is 4.74 Å². The van der Waals surface area contributed by atoms with Crippen LogP contribution in [0.4, 0.5) is 0 Å². The molecule has 0 fully saturated rings. The van der Waals surface area contributed by atoms with Gasteiger partial charge in [0.2, 0.25) is 0 Å². The number of benzene rings is 1. The molecule has 0 amide bonds. The van der Waals surface area contributed by atoms with E-state index in [9.17, 15) is 0 Å². The van der Waals surface area contributed by atoms with Gasteiger partial charge in [0, 0.05) is 6.04 Å². The molecule has 1 rings (SSSR count). The zero-order chi connectivity index (χ0) is 10.4. The molecule has 0 aliphatic rings. The first kappa shape index (κ1) is 11.1. The van der Waals surface area contributed by atoms with E-state index < -0.39 is 0 Å². The van der Waals surface area contributed by atoms with Crippen LogP contribution in [0.5, 0.6) is 5.75 Å². The Morgan fingerprint density at radius 1 is 1.43 bits per heavy atom. The highest BCUT2D eigenvalue weighted by Gasteiger charge is 2.07. The number of hydrogen-bond donors (Lipinski definition) is 1. The van der Waals surface area contributed by atoms with Crippen molar-refractivity contribution in [2.45, 2.75) is 25.8 Å². The molecule has 1 unspecified atom stereocenters. The number of hydrogen-bond acceptors (Lipinski definition) is 2. The Balaban J connectivity index is 2.80. The summed E-state index contributed by atoms with van der Waals surface area (Å²) in [6.07, 6.45) is 2.34. The Morgan fingerprint density at radius 2 is 2.21 bits per heavy atom. The molecule has 0 radical (unpaired) electrons. The summed E-state index contributed by atoms with van der Waals surface area (Å²) < 4.78 is 5.20. The van der Waals surface area contributed by atoms with Crippen LogP contribution in [0.2, 0.25) is 0 Å². The summed E-state index contributed by atoms with van der Waals surface area (Å²) in [5.74, 6) is 0.929. The molecule has 1 aromatic carbocycles. The zero-order valence-electron chi connectivity index (χ0n) is 9.21. The SMILES string of the molecule is CCCC(NC)c1cccc(OC)c1. The molecule has 0 saturated heterocycles. The highest BCUT2D eigenvalue weighted by molar-refractivity contribution is 5.30. The molecule has 78 valence electrons. The molecule has 0 saturated carbocycles. The van der Waals surface area contributed by atoms with Crippen LogP contribution in [-0.4, -0.2) is 14.2 Å². The van der Waals surface area contributed by atoms with Crippen LogP contribution in [0, 0.1) is 0 Å². The molecule has 0 aliphatic carbocycles. The summed E-state index contributed by atoms with van der Waals surface area (Å²) in [6.45, 7) is 2.20. The van der Waals surface area contributed by atoms with Gasteiger partial charge in [0.25, 0.3) is 0 Å². The minimum Gasteiger partial charge on any atom is -0.497 e. The van der Waals surface area contributed by atoms with Gasteiger partial charge in [-0.1, -0.05) is 25.5 Å². The van der Waals surface area contributed by atoms with Crippen molar-refractivity contribution in [3.63, 3.8) is 0 Å². The molecular weight excluding hydrogens is 174 g/mol. The predicted octanol–water partition coefficient (Wildman–Crippen LogP) is 2.76. The van der Waals surface area contributed by atoms with Crippen molar-refractivity contribution < 1.29 is 4.74 Å². The van der Waals surface area contributed by atoms with Crippen LogP contribution < -0.4 is 10.1 Å². The maximum absolute atomic E-state index is 5.20. The van der Waals surface area contributed by atoms with E-state index in [-0.39, 0.29) is 0 Å². The fourth-order valence-electron chi connectivity index (χ4n) is 1.62. The van der Waals surface area contributed by atoms with Gasteiger partial charge in [-0.3, -0.25) is 0 Å². The summed E-state index contributed by atoms with van der Waals surface area (Å²) in [6, 6.07) is 8.68. The number of nitrogens with one attached hydrogen (secondary N) is 1. The summed E-state index contributed by atoms with van der Waals surface area (Å²) in [5.41, 5.74) is 1.30. The molecular formula is C12H19NO. The highest BCUT2D eigenvalue weighted by atomic mass is 16.5. The second-order valence-electron chi connectivity index (χ2n) is 3.41. The van der Waals surface area contributed by atoms with E-state index in [1.807, 2.05) is 19.2 Å². The van der Waals surface area contributed by atoms with Crippen LogP contribution in [0.15, 0.2) is 24.3 Å². The number of rotatable bonds is 5. The largest absolute Gasteiger partial charge is 0.497 e. The third-order valence-corrected chi connectivity index (χ3v) is 2.42. The Hall–Kier alpha value is -1.02. The summed E-state index contributed by atoms with van der Waals surface area (Å²) in [4.78, 5) is 0. The van der Waals surface area contributed by atoms with Crippen molar-refractivity contribution in [2.75, 3.05) is 14.2 Å². The number of methoxy groups -OCH3 is 1. The van der Waals surface area contributed by atoms with E-state index in [1.54, 1.807) is 7.11 Å². The second kappa shape index (κ2) is 5.66. The molecule has 2 nitrogen and oxygen atoms in total. The maximum atomic E-state index is 5.20. The van der Waals surface area contributed by atoms with Crippen molar-refractivity contribution in [1.29, 1.82) is 0 Å². The zero-order valence-corrected chi connectivity index (χ0v) is 9.21. The fraction of sp³-hybridized carbons (Fsp3) is 0.500. The van der Waals surface area contributed by atoms with Gasteiger partial charge >= 0.3 is 0 Å². The average molecular weight is 193 g/mol. The van der Waals surface area contributed by atoms with Crippen LogP contribution >= 0.6 is 0 Å². The van der Waals surface area contributed by atoms with E-state index in [2.05, 4.69) is 24.4 Å². The smallest absolute Gasteiger partial charge is 0.119 e. The van der Waals surface area contributed by atoms with E-state index in [1.165, 1.54) is 12.0 Å². The topological polar surface area (TPSA) is 21.3 Å². The quantitative estimate of drug-likeness (QED) is 0.776. The van der Waals surface area contributed by atoms with Gasteiger partial charge in [-0.25, -0.2) is 0 Å². The molecule has 0 bridgehead atoms. The number of ether oxygens (including phenoxy) is 1. The molecule has 14 heavy (non-hydrogen) atoms. The lowest BCUT2D eigenvalue weighted by Gasteiger charge is -2.16. The van der Waals surface area contributed by atoms with Crippen LogP contribution in [0.3, 0.4) is 0 Å². The van der Waals surface area contributed by atoms with Gasteiger partial charge in [0.05, 0.1) is 7.11 Å². The molecule has 2 heteroatoms. The van der Waals surface area contributed by atoms with Gasteiger partial charge in [0.1, 0.15) is 5.75 Å². The summed E-state index contributed by atoms with van der Waals surface area (Å²) in [5, 5.41) is 3.32. The average Bonchev–Trinajstić information content (AvgIpc) is 2.26. The molecule has 0 aromatic heterocycles. The van der Waals surface area contributed by atoms with Crippen molar-refractivity contribution >= 4 is 0 Å². The monoisotopic (exact) mass is 193 g/mol. The first-order valence-corrected chi connectivity index (χ1v) is 5.13. The highest BCUT2D eigenvalue weighted by Crippen LogP contribution is 2.21. The lowest BCUT2D eigenvalue weighted by molar-refractivity contribution is 0.413. The van der Waals surface area contributed by atoms with E-state index in [0.717, 1.165) is 12.2 Å².